The largest absolute Gasteiger partial charge is 0.262 e. The van der Waals surface area contributed by atoms with Crippen LogP contribution in [-0.4, -0.2) is 15.2 Å². The fourth-order valence-electron chi connectivity index (χ4n) is 3.10. The van der Waals surface area contributed by atoms with E-state index in [1.54, 1.807) is 0 Å². The summed E-state index contributed by atoms with van der Waals surface area (Å²) in [6.45, 7) is 0. The highest BCUT2D eigenvalue weighted by Crippen LogP contribution is 2.31. The van der Waals surface area contributed by atoms with Gasteiger partial charge in [-0.3, -0.25) is 5.10 Å². The fourth-order valence-corrected chi connectivity index (χ4v) is 3.10. The number of fused-ring (bicyclic) bond motifs is 1. The Morgan fingerprint density at radius 3 is 2.52 bits per heavy atom. The van der Waals surface area contributed by atoms with Crippen LogP contribution in [0.2, 0.25) is 0 Å². The minimum atomic E-state index is 0.449. The van der Waals surface area contributed by atoms with E-state index in [2.05, 4.69) is 34.5 Å². The number of nitrogens with zero attached hydrogens (tertiary/aromatic N) is 2. The minimum Gasteiger partial charge on any atom is -0.262 e. The topological polar surface area (TPSA) is 41.6 Å². The van der Waals surface area contributed by atoms with Gasteiger partial charge in [-0.2, -0.15) is 5.10 Å². The number of H-pyrrole nitrogens is 1. The van der Waals surface area contributed by atoms with Crippen LogP contribution < -0.4 is 0 Å². The van der Waals surface area contributed by atoms with Crippen molar-refractivity contribution in [1.29, 1.82) is 0 Å². The first-order valence-corrected chi connectivity index (χ1v) is 7.44. The van der Waals surface area contributed by atoms with Gasteiger partial charge in [-0.1, -0.05) is 54.6 Å². The van der Waals surface area contributed by atoms with Crippen molar-refractivity contribution in [2.45, 2.75) is 25.2 Å². The molecule has 0 amide bonds. The van der Waals surface area contributed by atoms with Crippen molar-refractivity contribution < 1.29 is 0 Å². The molecule has 1 atom stereocenters. The number of aromatic nitrogens is 3. The van der Waals surface area contributed by atoms with E-state index in [0.29, 0.717) is 5.92 Å². The van der Waals surface area contributed by atoms with Gasteiger partial charge in [0.1, 0.15) is 5.82 Å². The van der Waals surface area contributed by atoms with Crippen molar-refractivity contribution in [1.82, 2.24) is 15.2 Å². The summed E-state index contributed by atoms with van der Waals surface area (Å²) < 4.78 is 0. The smallest absolute Gasteiger partial charge is 0.181 e. The van der Waals surface area contributed by atoms with Crippen molar-refractivity contribution in [2.24, 2.45) is 0 Å². The maximum Gasteiger partial charge on any atom is 0.181 e. The number of aryl methyl sites for hydroxylation is 1. The molecule has 3 aromatic rings. The number of rotatable bonds is 2. The standard InChI is InChI=1S/C18H17N3/c1-2-7-14(8-3-1)17-19-18(21-20-17)16-11-10-13-6-4-5-9-15(13)12-16/h1-9,16H,10-12H2,(H,19,20,21). The second-order valence-electron chi connectivity index (χ2n) is 5.62. The van der Waals surface area contributed by atoms with Gasteiger partial charge in [-0.15, -0.1) is 0 Å². The van der Waals surface area contributed by atoms with Crippen molar-refractivity contribution in [3.63, 3.8) is 0 Å². The van der Waals surface area contributed by atoms with Crippen molar-refractivity contribution >= 4 is 0 Å². The molecule has 0 radical (unpaired) electrons. The van der Waals surface area contributed by atoms with Crippen LogP contribution in [0.5, 0.6) is 0 Å². The molecule has 3 heteroatoms. The third-order valence-electron chi connectivity index (χ3n) is 4.27. The van der Waals surface area contributed by atoms with Gasteiger partial charge < -0.3 is 0 Å². The molecule has 1 heterocycles. The Bertz CT molecular complexity index is 746. The molecule has 0 saturated heterocycles. The first-order valence-electron chi connectivity index (χ1n) is 7.44. The number of nitrogens with one attached hydrogen (secondary N) is 1. The molecule has 1 aliphatic carbocycles. The average Bonchev–Trinajstić information content (AvgIpc) is 3.05. The average molecular weight is 275 g/mol. The van der Waals surface area contributed by atoms with Crippen LogP contribution in [-0.2, 0) is 12.8 Å². The molecular formula is C18H17N3. The zero-order chi connectivity index (χ0) is 14.1. The van der Waals surface area contributed by atoms with E-state index < -0.39 is 0 Å². The molecule has 2 aromatic carbocycles. The Morgan fingerprint density at radius 1 is 0.905 bits per heavy atom. The monoisotopic (exact) mass is 275 g/mol. The van der Waals surface area contributed by atoms with E-state index in [9.17, 15) is 0 Å². The van der Waals surface area contributed by atoms with Gasteiger partial charge in [0.05, 0.1) is 0 Å². The summed E-state index contributed by atoms with van der Waals surface area (Å²) in [5.41, 5.74) is 4.00. The Kier molecular flexibility index (Phi) is 3.03. The summed E-state index contributed by atoms with van der Waals surface area (Å²) in [4.78, 5) is 4.71. The predicted octanol–water partition coefficient (Wildman–Crippen LogP) is 3.74. The Labute approximate surface area is 124 Å². The normalized spacial score (nSPS) is 17.4. The van der Waals surface area contributed by atoms with E-state index in [4.69, 9.17) is 4.98 Å². The highest BCUT2D eigenvalue weighted by Gasteiger charge is 2.22. The Hall–Kier alpha value is -2.42. The number of benzene rings is 2. The molecular weight excluding hydrogens is 258 g/mol. The summed E-state index contributed by atoms with van der Waals surface area (Å²) in [6.07, 6.45) is 3.32. The van der Waals surface area contributed by atoms with Crippen molar-refractivity contribution in [3.05, 3.63) is 71.5 Å². The molecule has 0 aliphatic heterocycles. The first kappa shape index (κ1) is 12.3. The third-order valence-corrected chi connectivity index (χ3v) is 4.27. The highest BCUT2D eigenvalue weighted by atomic mass is 15.2. The van der Waals surface area contributed by atoms with Crippen LogP contribution in [0.15, 0.2) is 54.6 Å². The van der Waals surface area contributed by atoms with Gasteiger partial charge in [0.25, 0.3) is 0 Å². The number of hydrogen-bond acceptors (Lipinski definition) is 2. The van der Waals surface area contributed by atoms with Crippen LogP contribution in [0.3, 0.4) is 0 Å². The van der Waals surface area contributed by atoms with Crippen LogP contribution in [0.4, 0.5) is 0 Å². The first-order chi connectivity index (χ1) is 10.4. The fraction of sp³-hybridized carbons (Fsp3) is 0.222. The van der Waals surface area contributed by atoms with Gasteiger partial charge in [0.15, 0.2) is 5.82 Å². The zero-order valence-electron chi connectivity index (χ0n) is 11.8. The molecule has 0 bridgehead atoms. The molecule has 0 spiro atoms. The molecule has 1 N–H and O–H groups in total. The molecule has 4 rings (SSSR count). The quantitative estimate of drug-likeness (QED) is 0.774. The van der Waals surface area contributed by atoms with E-state index in [0.717, 1.165) is 36.5 Å². The maximum atomic E-state index is 4.71. The van der Waals surface area contributed by atoms with Gasteiger partial charge in [-0.05, 0) is 30.4 Å². The summed E-state index contributed by atoms with van der Waals surface area (Å²) in [6, 6.07) is 18.8. The number of hydrogen-bond donors (Lipinski definition) is 1. The summed E-state index contributed by atoms with van der Waals surface area (Å²) in [5, 5.41) is 7.53. The predicted molar refractivity (Wildman–Crippen MR) is 83.0 cm³/mol. The Morgan fingerprint density at radius 2 is 1.67 bits per heavy atom. The van der Waals surface area contributed by atoms with Gasteiger partial charge >= 0.3 is 0 Å². The minimum absolute atomic E-state index is 0.449. The highest BCUT2D eigenvalue weighted by molar-refractivity contribution is 5.54. The van der Waals surface area contributed by atoms with E-state index in [-0.39, 0.29) is 0 Å². The Balaban J connectivity index is 1.60. The molecule has 104 valence electrons. The van der Waals surface area contributed by atoms with Gasteiger partial charge in [0, 0.05) is 11.5 Å². The van der Waals surface area contributed by atoms with E-state index >= 15 is 0 Å². The van der Waals surface area contributed by atoms with Gasteiger partial charge in [0.2, 0.25) is 0 Å². The summed E-state index contributed by atoms with van der Waals surface area (Å²) in [5.74, 6) is 2.26. The lowest BCUT2D eigenvalue weighted by atomic mass is 9.83. The van der Waals surface area contributed by atoms with Crippen LogP contribution in [0, 0.1) is 0 Å². The third kappa shape index (κ3) is 2.35. The lowest BCUT2D eigenvalue weighted by Gasteiger charge is -2.22. The van der Waals surface area contributed by atoms with Crippen LogP contribution >= 0.6 is 0 Å². The van der Waals surface area contributed by atoms with E-state index in [1.807, 2.05) is 30.3 Å². The molecule has 0 fully saturated rings. The SMILES string of the molecule is c1ccc(-c2n[nH]c(C3CCc4ccccc4C3)n2)cc1. The maximum absolute atomic E-state index is 4.71. The summed E-state index contributed by atoms with van der Waals surface area (Å²) in [7, 11) is 0. The molecule has 0 saturated carbocycles. The van der Waals surface area contributed by atoms with Crippen molar-refractivity contribution in [3.8, 4) is 11.4 Å². The zero-order valence-corrected chi connectivity index (χ0v) is 11.8. The number of aromatic amines is 1. The molecule has 1 aliphatic rings. The summed E-state index contributed by atoms with van der Waals surface area (Å²) >= 11 is 0. The molecule has 3 nitrogen and oxygen atoms in total. The molecule has 1 unspecified atom stereocenters. The van der Waals surface area contributed by atoms with Gasteiger partial charge in [-0.25, -0.2) is 4.98 Å². The second-order valence-corrected chi connectivity index (χ2v) is 5.62. The van der Waals surface area contributed by atoms with Crippen LogP contribution in [0.1, 0.15) is 29.3 Å². The molecule has 1 aromatic heterocycles. The lowest BCUT2D eigenvalue weighted by Crippen LogP contribution is -2.13. The van der Waals surface area contributed by atoms with E-state index in [1.165, 1.54) is 11.1 Å². The van der Waals surface area contributed by atoms with Crippen molar-refractivity contribution in [2.75, 3.05) is 0 Å². The lowest BCUT2D eigenvalue weighted by molar-refractivity contribution is 0.557. The molecule has 21 heavy (non-hydrogen) atoms. The van der Waals surface area contributed by atoms with Crippen LogP contribution in [0.25, 0.3) is 11.4 Å². The second kappa shape index (κ2) is 5.17.